The highest BCUT2D eigenvalue weighted by atomic mass is 35.5. The van der Waals surface area contributed by atoms with Gasteiger partial charge in [0.2, 0.25) is 0 Å². The number of piperazine rings is 1. The topological polar surface area (TPSA) is 56.7 Å². The third kappa shape index (κ3) is 2.68. The van der Waals surface area contributed by atoms with E-state index >= 15 is 0 Å². The molecular weight excluding hydrogens is 242 g/mol. The maximum absolute atomic E-state index is 10.9. The fourth-order valence-corrected chi connectivity index (χ4v) is 2.03. The largest absolute Gasteiger partial charge is 0.478 e. The number of halogens is 1. The third-order valence-corrected chi connectivity index (χ3v) is 3.36. The van der Waals surface area contributed by atoms with Crippen molar-refractivity contribution in [2.75, 3.05) is 31.6 Å². The van der Waals surface area contributed by atoms with E-state index in [-0.39, 0.29) is 11.1 Å². The van der Waals surface area contributed by atoms with E-state index in [0.29, 0.717) is 12.4 Å². The molecule has 0 spiro atoms. The molecule has 1 aromatic heterocycles. The molecule has 0 aliphatic carbocycles. The van der Waals surface area contributed by atoms with Crippen molar-refractivity contribution in [3.63, 3.8) is 0 Å². The Morgan fingerprint density at radius 1 is 1.59 bits per heavy atom. The van der Waals surface area contributed by atoms with Crippen LogP contribution in [0.1, 0.15) is 10.4 Å². The number of hydrogen-bond acceptors (Lipinski definition) is 4. The minimum Gasteiger partial charge on any atom is -0.478 e. The zero-order chi connectivity index (χ0) is 12.4. The Kier molecular flexibility index (Phi) is 3.49. The Morgan fingerprint density at radius 3 is 3.00 bits per heavy atom. The first-order chi connectivity index (χ1) is 8.08. The van der Waals surface area contributed by atoms with Crippen molar-refractivity contribution in [1.29, 1.82) is 0 Å². The van der Waals surface area contributed by atoms with Crippen LogP contribution in [0, 0.1) is 0 Å². The van der Waals surface area contributed by atoms with E-state index < -0.39 is 5.97 Å². The molecule has 0 aromatic carbocycles. The molecule has 2 rings (SSSR count). The van der Waals surface area contributed by atoms with Crippen molar-refractivity contribution in [2.24, 2.45) is 0 Å². The van der Waals surface area contributed by atoms with Gasteiger partial charge in [-0.15, -0.1) is 11.6 Å². The number of pyridine rings is 1. The molecule has 0 radical (unpaired) electrons. The number of carboxylic acids is 1. The first-order valence-electron chi connectivity index (χ1n) is 5.36. The Morgan fingerprint density at radius 2 is 2.35 bits per heavy atom. The van der Waals surface area contributed by atoms with Crippen molar-refractivity contribution >= 4 is 23.4 Å². The lowest BCUT2D eigenvalue weighted by molar-refractivity contribution is 0.0697. The van der Waals surface area contributed by atoms with Gasteiger partial charge in [-0.25, -0.2) is 9.78 Å². The van der Waals surface area contributed by atoms with Gasteiger partial charge in [0.05, 0.1) is 5.56 Å². The van der Waals surface area contributed by atoms with Gasteiger partial charge in [-0.05, 0) is 19.2 Å². The van der Waals surface area contributed by atoms with Crippen LogP contribution in [0.4, 0.5) is 5.82 Å². The molecule has 1 atom stereocenters. The van der Waals surface area contributed by atoms with Gasteiger partial charge in [0.15, 0.2) is 0 Å². The number of rotatable bonds is 2. The molecule has 6 heteroatoms. The van der Waals surface area contributed by atoms with Crippen molar-refractivity contribution in [2.45, 2.75) is 5.50 Å². The average Bonchev–Trinajstić information content (AvgIpc) is 2.33. The number of anilines is 1. The summed E-state index contributed by atoms with van der Waals surface area (Å²) in [4.78, 5) is 19.1. The van der Waals surface area contributed by atoms with Gasteiger partial charge in [-0.2, -0.15) is 0 Å². The SMILES string of the molecule is CN1CCN(c2cc(C(=O)O)ccn2)CC1Cl. The molecule has 17 heavy (non-hydrogen) atoms. The van der Waals surface area contributed by atoms with Crippen LogP contribution in [0.5, 0.6) is 0 Å². The standard InChI is InChI=1S/C11H14ClN3O2/c1-14-4-5-15(7-9(14)12)10-6-8(11(16)17)2-3-13-10/h2-3,6,9H,4-5,7H2,1H3,(H,16,17). The van der Waals surface area contributed by atoms with Gasteiger partial charge in [0.1, 0.15) is 11.3 Å². The second kappa shape index (κ2) is 4.89. The van der Waals surface area contributed by atoms with Crippen LogP contribution >= 0.6 is 11.6 Å². The summed E-state index contributed by atoms with van der Waals surface area (Å²) in [5.74, 6) is -0.270. The predicted molar refractivity (Wildman–Crippen MR) is 65.7 cm³/mol. The lowest BCUT2D eigenvalue weighted by Crippen LogP contribution is -2.49. The molecule has 1 aromatic rings. The van der Waals surface area contributed by atoms with Gasteiger partial charge in [-0.1, -0.05) is 0 Å². The monoisotopic (exact) mass is 255 g/mol. The number of likely N-dealkylation sites (N-methyl/N-ethyl adjacent to an activating group) is 1. The van der Waals surface area contributed by atoms with Crippen LogP contribution in [-0.4, -0.2) is 53.1 Å². The number of aromatic carboxylic acids is 1. The number of carbonyl (C=O) groups is 1. The summed E-state index contributed by atoms with van der Waals surface area (Å²) in [6.07, 6.45) is 1.51. The van der Waals surface area contributed by atoms with Gasteiger partial charge < -0.3 is 10.0 Å². The maximum Gasteiger partial charge on any atom is 0.335 e. The second-order valence-corrected chi connectivity index (χ2v) is 4.57. The molecule has 92 valence electrons. The van der Waals surface area contributed by atoms with Crippen molar-refractivity contribution in [1.82, 2.24) is 9.88 Å². The molecule has 5 nitrogen and oxygen atoms in total. The maximum atomic E-state index is 10.9. The summed E-state index contributed by atoms with van der Waals surface area (Å²) in [6.45, 7) is 2.29. The lowest BCUT2D eigenvalue weighted by atomic mass is 10.2. The normalized spacial score (nSPS) is 21.5. The van der Waals surface area contributed by atoms with Crippen LogP contribution in [0.15, 0.2) is 18.3 Å². The minimum absolute atomic E-state index is 0.0703. The van der Waals surface area contributed by atoms with Crippen LogP contribution in [0.2, 0.25) is 0 Å². The van der Waals surface area contributed by atoms with Gasteiger partial charge in [0, 0.05) is 25.8 Å². The fourth-order valence-electron chi connectivity index (χ4n) is 1.76. The quantitative estimate of drug-likeness (QED) is 0.634. The van der Waals surface area contributed by atoms with Crippen LogP contribution in [0.25, 0.3) is 0 Å². The summed E-state index contributed by atoms with van der Waals surface area (Å²) in [5.41, 5.74) is 0.180. The lowest BCUT2D eigenvalue weighted by Gasteiger charge is -2.36. The summed E-state index contributed by atoms with van der Waals surface area (Å²) < 4.78 is 0. The average molecular weight is 256 g/mol. The first kappa shape index (κ1) is 12.1. The Hall–Kier alpha value is -1.33. The Balaban J connectivity index is 2.17. The van der Waals surface area contributed by atoms with Crippen LogP contribution in [0.3, 0.4) is 0 Å². The molecule has 1 saturated heterocycles. The summed E-state index contributed by atoms with van der Waals surface area (Å²) in [6, 6.07) is 3.07. The summed E-state index contributed by atoms with van der Waals surface area (Å²) >= 11 is 6.15. The zero-order valence-corrected chi connectivity index (χ0v) is 10.3. The predicted octanol–water partition coefficient (Wildman–Crippen LogP) is 1.10. The zero-order valence-electron chi connectivity index (χ0n) is 9.51. The molecule has 0 saturated carbocycles. The van der Waals surface area contributed by atoms with Gasteiger partial charge >= 0.3 is 5.97 Å². The van der Waals surface area contributed by atoms with E-state index in [4.69, 9.17) is 16.7 Å². The molecule has 0 amide bonds. The van der Waals surface area contributed by atoms with E-state index in [1.807, 2.05) is 11.9 Å². The second-order valence-electron chi connectivity index (χ2n) is 4.07. The number of carboxylic acid groups (broad SMARTS) is 1. The molecule has 1 fully saturated rings. The molecule has 1 aliphatic rings. The van der Waals surface area contributed by atoms with Crippen LogP contribution < -0.4 is 4.90 Å². The smallest absolute Gasteiger partial charge is 0.335 e. The molecule has 0 bridgehead atoms. The van der Waals surface area contributed by atoms with Crippen molar-refractivity contribution in [3.8, 4) is 0 Å². The van der Waals surface area contributed by atoms with E-state index in [9.17, 15) is 4.79 Å². The highest BCUT2D eigenvalue weighted by Crippen LogP contribution is 2.18. The van der Waals surface area contributed by atoms with Gasteiger partial charge in [-0.3, -0.25) is 4.90 Å². The number of nitrogens with zero attached hydrogens (tertiary/aromatic N) is 3. The molecular formula is C11H14ClN3O2. The first-order valence-corrected chi connectivity index (χ1v) is 5.80. The molecule has 1 N–H and O–H groups in total. The number of alkyl halides is 1. The highest BCUT2D eigenvalue weighted by Gasteiger charge is 2.23. The summed E-state index contributed by atoms with van der Waals surface area (Å²) in [7, 11) is 1.97. The minimum atomic E-state index is -0.940. The Labute approximate surface area is 105 Å². The van der Waals surface area contributed by atoms with E-state index in [0.717, 1.165) is 13.1 Å². The Bertz CT molecular complexity index is 427. The molecule has 1 unspecified atom stereocenters. The molecule has 2 heterocycles. The van der Waals surface area contributed by atoms with Crippen molar-refractivity contribution in [3.05, 3.63) is 23.9 Å². The van der Waals surface area contributed by atoms with E-state index in [1.54, 1.807) is 6.07 Å². The highest BCUT2D eigenvalue weighted by molar-refractivity contribution is 6.20. The van der Waals surface area contributed by atoms with Crippen LogP contribution in [-0.2, 0) is 0 Å². The fraction of sp³-hybridized carbons (Fsp3) is 0.455. The number of hydrogen-bond donors (Lipinski definition) is 1. The van der Waals surface area contributed by atoms with Gasteiger partial charge in [0.25, 0.3) is 0 Å². The van der Waals surface area contributed by atoms with E-state index in [1.165, 1.54) is 12.3 Å². The van der Waals surface area contributed by atoms with Crippen molar-refractivity contribution < 1.29 is 9.90 Å². The summed E-state index contributed by atoms with van der Waals surface area (Å²) in [5, 5.41) is 8.92. The number of aromatic nitrogens is 1. The van der Waals surface area contributed by atoms with E-state index in [2.05, 4.69) is 9.88 Å². The molecule has 1 aliphatic heterocycles. The third-order valence-electron chi connectivity index (χ3n) is 2.89.